The highest BCUT2D eigenvalue weighted by atomic mass is 16.5. The summed E-state index contributed by atoms with van der Waals surface area (Å²) in [6, 6.07) is 5.41. The van der Waals surface area contributed by atoms with Gasteiger partial charge >= 0.3 is 0 Å². The molecular formula is C17H22N4O3. The van der Waals surface area contributed by atoms with Crippen LogP contribution in [0.15, 0.2) is 30.6 Å². The molecule has 1 amide bonds. The van der Waals surface area contributed by atoms with E-state index in [1.54, 1.807) is 31.3 Å². The molecule has 0 fully saturated rings. The van der Waals surface area contributed by atoms with E-state index in [0.717, 1.165) is 0 Å². The van der Waals surface area contributed by atoms with Gasteiger partial charge in [-0.05, 0) is 26.0 Å². The van der Waals surface area contributed by atoms with Gasteiger partial charge in [0.05, 0.1) is 32.3 Å². The van der Waals surface area contributed by atoms with Crippen molar-refractivity contribution in [2.75, 3.05) is 32.6 Å². The maximum absolute atomic E-state index is 12.2. The van der Waals surface area contributed by atoms with Gasteiger partial charge < -0.3 is 19.7 Å². The minimum atomic E-state index is -0.127. The number of ether oxygens (including phenoxy) is 2. The van der Waals surface area contributed by atoms with Crippen LogP contribution in [0.4, 0.5) is 11.5 Å². The van der Waals surface area contributed by atoms with E-state index in [9.17, 15) is 4.79 Å². The predicted octanol–water partition coefficient (Wildman–Crippen LogP) is 2.72. The zero-order valence-electron chi connectivity index (χ0n) is 14.4. The fraction of sp³-hybridized carbons (Fsp3) is 0.353. The number of carbonyl (C=O) groups is 1. The Morgan fingerprint density at radius 1 is 1.12 bits per heavy atom. The highest BCUT2D eigenvalue weighted by Gasteiger charge is 2.14. The fourth-order valence-corrected chi connectivity index (χ4v) is 2.23. The molecule has 1 heterocycles. The number of carbonyl (C=O) groups excluding carboxylic acids is 1. The van der Waals surface area contributed by atoms with Gasteiger partial charge in [0, 0.05) is 19.2 Å². The summed E-state index contributed by atoms with van der Waals surface area (Å²) >= 11 is 0. The van der Waals surface area contributed by atoms with Crippen LogP contribution < -0.4 is 14.8 Å². The van der Waals surface area contributed by atoms with Gasteiger partial charge in [0.15, 0.2) is 0 Å². The first-order chi connectivity index (χ1) is 11.6. The van der Waals surface area contributed by atoms with Crippen LogP contribution >= 0.6 is 0 Å². The molecule has 1 N–H and O–H groups in total. The molecule has 0 aliphatic heterocycles. The lowest BCUT2D eigenvalue weighted by Gasteiger charge is -2.17. The molecule has 0 bridgehead atoms. The van der Waals surface area contributed by atoms with Crippen LogP contribution in [0.2, 0.25) is 0 Å². The zero-order chi connectivity index (χ0) is 17.5. The smallest absolute Gasteiger partial charge is 0.274 e. The van der Waals surface area contributed by atoms with Crippen LogP contribution in [-0.2, 0) is 0 Å². The van der Waals surface area contributed by atoms with Crippen molar-refractivity contribution in [1.29, 1.82) is 0 Å². The first-order valence-corrected chi connectivity index (χ1v) is 7.73. The second-order valence-electron chi connectivity index (χ2n) is 4.96. The number of amides is 1. The fourth-order valence-electron chi connectivity index (χ4n) is 2.23. The molecule has 1 aromatic heterocycles. The van der Waals surface area contributed by atoms with Crippen molar-refractivity contribution >= 4 is 17.4 Å². The topological polar surface area (TPSA) is 76.6 Å². The number of rotatable bonds is 7. The van der Waals surface area contributed by atoms with Crippen molar-refractivity contribution in [3.05, 3.63) is 36.3 Å². The molecule has 0 saturated heterocycles. The molecule has 24 heavy (non-hydrogen) atoms. The third-order valence-electron chi connectivity index (χ3n) is 3.59. The zero-order valence-corrected chi connectivity index (χ0v) is 14.4. The summed E-state index contributed by atoms with van der Waals surface area (Å²) in [6.45, 7) is 5.13. The van der Waals surface area contributed by atoms with Crippen LogP contribution in [0.5, 0.6) is 11.5 Å². The third-order valence-corrected chi connectivity index (χ3v) is 3.59. The summed E-state index contributed by atoms with van der Waals surface area (Å²) < 4.78 is 10.5. The predicted molar refractivity (Wildman–Crippen MR) is 92.1 cm³/mol. The van der Waals surface area contributed by atoms with Gasteiger partial charge in [0.25, 0.3) is 5.91 Å². The Hall–Kier alpha value is -2.83. The number of hydrogen-bond acceptors (Lipinski definition) is 6. The van der Waals surface area contributed by atoms with Crippen molar-refractivity contribution in [1.82, 2.24) is 14.9 Å². The Balaban J connectivity index is 2.19. The minimum Gasteiger partial charge on any atom is -0.497 e. The van der Waals surface area contributed by atoms with Crippen LogP contribution in [-0.4, -0.2) is 48.1 Å². The summed E-state index contributed by atoms with van der Waals surface area (Å²) in [6.07, 6.45) is 2.99. The van der Waals surface area contributed by atoms with Gasteiger partial charge in [0.2, 0.25) is 0 Å². The van der Waals surface area contributed by atoms with E-state index in [4.69, 9.17) is 9.47 Å². The average Bonchev–Trinajstić information content (AvgIpc) is 2.63. The molecule has 0 radical (unpaired) electrons. The van der Waals surface area contributed by atoms with E-state index in [0.29, 0.717) is 41.8 Å². The number of anilines is 2. The second kappa shape index (κ2) is 8.14. The Morgan fingerprint density at radius 2 is 1.88 bits per heavy atom. The number of methoxy groups -OCH3 is 2. The van der Waals surface area contributed by atoms with E-state index >= 15 is 0 Å². The molecular weight excluding hydrogens is 308 g/mol. The van der Waals surface area contributed by atoms with E-state index in [1.165, 1.54) is 12.4 Å². The van der Waals surface area contributed by atoms with Gasteiger partial charge in [-0.3, -0.25) is 4.79 Å². The van der Waals surface area contributed by atoms with Gasteiger partial charge in [-0.25, -0.2) is 9.97 Å². The monoisotopic (exact) mass is 330 g/mol. The van der Waals surface area contributed by atoms with Gasteiger partial charge in [-0.1, -0.05) is 0 Å². The lowest BCUT2D eigenvalue weighted by Crippen LogP contribution is -2.31. The maximum Gasteiger partial charge on any atom is 0.274 e. The molecule has 0 aliphatic carbocycles. The summed E-state index contributed by atoms with van der Waals surface area (Å²) in [5.74, 6) is 1.73. The Morgan fingerprint density at radius 3 is 2.42 bits per heavy atom. The lowest BCUT2D eigenvalue weighted by molar-refractivity contribution is 0.0766. The van der Waals surface area contributed by atoms with Crippen LogP contribution in [0.1, 0.15) is 24.3 Å². The van der Waals surface area contributed by atoms with Crippen molar-refractivity contribution in [2.45, 2.75) is 13.8 Å². The Kier molecular flexibility index (Phi) is 5.95. The average molecular weight is 330 g/mol. The van der Waals surface area contributed by atoms with E-state index in [1.807, 2.05) is 19.9 Å². The standard InChI is InChI=1S/C17H22N4O3/c1-5-21(6-2)17(22)14-10-19-16(11-18-14)20-13-9-12(23-3)7-8-15(13)24-4/h7-11H,5-6H2,1-4H3,(H,19,20). The highest BCUT2D eigenvalue weighted by molar-refractivity contribution is 5.92. The Labute approximate surface area is 141 Å². The summed E-state index contributed by atoms with van der Waals surface area (Å²) in [4.78, 5) is 22.4. The van der Waals surface area contributed by atoms with Crippen molar-refractivity contribution in [3.63, 3.8) is 0 Å². The highest BCUT2D eigenvalue weighted by Crippen LogP contribution is 2.30. The number of nitrogens with one attached hydrogen (secondary N) is 1. The number of aromatic nitrogens is 2. The number of nitrogens with zero attached hydrogens (tertiary/aromatic N) is 3. The van der Waals surface area contributed by atoms with Gasteiger partial charge in [-0.15, -0.1) is 0 Å². The molecule has 0 unspecified atom stereocenters. The van der Waals surface area contributed by atoms with Crippen molar-refractivity contribution in [3.8, 4) is 11.5 Å². The van der Waals surface area contributed by atoms with Crippen LogP contribution in [0, 0.1) is 0 Å². The minimum absolute atomic E-state index is 0.127. The molecule has 2 aromatic rings. The molecule has 0 saturated carbocycles. The summed E-state index contributed by atoms with van der Waals surface area (Å²) in [5, 5.41) is 3.12. The first kappa shape index (κ1) is 17.5. The molecule has 0 aliphatic rings. The lowest BCUT2D eigenvalue weighted by atomic mass is 10.2. The van der Waals surface area contributed by atoms with Crippen LogP contribution in [0.25, 0.3) is 0 Å². The second-order valence-corrected chi connectivity index (χ2v) is 4.96. The van der Waals surface area contributed by atoms with Crippen LogP contribution in [0.3, 0.4) is 0 Å². The van der Waals surface area contributed by atoms with E-state index in [-0.39, 0.29) is 5.91 Å². The molecule has 7 heteroatoms. The number of hydrogen-bond donors (Lipinski definition) is 1. The molecule has 2 rings (SSSR count). The largest absolute Gasteiger partial charge is 0.497 e. The third kappa shape index (κ3) is 3.92. The molecule has 0 spiro atoms. The Bertz CT molecular complexity index is 685. The molecule has 0 atom stereocenters. The van der Waals surface area contributed by atoms with Gasteiger partial charge in [0.1, 0.15) is 23.0 Å². The molecule has 128 valence electrons. The number of benzene rings is 1. The van der Waals surface area contributed by atoms with Crippen molar-refractivity contribution < 1.29 is 14.3 Å². The normalized spacial score (nSPS) is 10.2. The summed E-state index contributed by atoms with van der Waals surface area (Å²) in [5.41, 5.74) is 1.02. The van der Waals surface area contributed by atoms with E-state index in [2.05, 4.69) is 15.3 Å². The SMILES string of the molecule is CCN(CC)C(=O)c1cnc(Nc2cc(OC)ccc2OC)cn1. The maximum atomic E-state index is 12.2. The van der Waals surface area contributed by atoms with Gasteiger partial charge in [-0.2, -0.15) is 0 Å². The summed E-state index contributed by atoms with van der Waals surface area (Å²) in [7, 11) is 3.18. The quantitative estimate of drug-likeness (QED) is 0.841. The first-order valence-electron chi connectivity index (χ1n) is 7.73. The van der Waals surface area contributed by atoms with E-state index < -0.39 is 0 Å². The molecule has 7 nitrogen and oxygen atoms in total. The van der Waals surface area contributed by atoms with Crippen molar-refractivity contribution in [2.24, 2.45) is 0 Å². The molecule has 1 aromatic carbocycles.